The van der Waals surface area contributed by atoms with Gasteiger partial charge in [-0.15, -0.1) is 0 Å². The molecule has 112 valence electrons. The molecule has 6 heteroatoms. The Morgan fingerprint density at radius 2 is 2.14 bits per heavy atom. The van der Waals surface area contributed by atoms with Crippen molar-refractivity contribution in [2.45, 2.75) is 26.2 Å². The van der Waals surface area contributed by atoms with E-state index in [9.17, 15) is 0 Å². The number of nitrogens with zero attached hydrogens (tertiary/aromatic N) is 2. The number of imidazole rings is 1. The molecule has 0 bridgehead atoms. The fraction of sp³-hybridized carbons (Fsp3) is 0.400. The summed E-state index contributed by atoms with van der Waals surface area (Å²) in [5.74, 6) is 0.851. The third-order valence-electron chi connectivity index (χ3n) is 3.52. The normalized spacial score (nSPS) is 16.6. The van der Waals surface area contributed by atoms with Crippen LogP contribution in [0.3, 0.4) is 0 Å². The average molecular weight is 353 g/mol. The summed E-state index contributed by atoms with van der Waals surface area (Å²) < 4.78 is 19.5. The summed E-state index contributed by atoms with van der Waals surface area (Å²) in [6.45, 7) is 3.91. The smallest absolute Gasteiger partial charge is 0.298 e. The van der Waals surface area contributed by atoms with Crippen LogP contribution in [0.2, 0.25) is 0 Å². The highest BCUT2D eigenvalue weighted by Crippen LogP contribution is 2.28. The lowest BCUT2D eigenvalue weighted by atomic mass is 10.2. The van der Waals surface area contributed by atoms with Gasteiger partial charge in [0.25, 0.3) is 6.01 Å². The van der Waals surface area contributed by atoms with Crippen LogP contribution < -0.4 is 9.47 Å². The van der Waals surface area contributed by atoms with Gasteiger partial charge < -0.3 is 14.2 Å². The Labute approximate surface area is 132 Å². The lowest BCUT2D eigenvalue weighted by Gasteiger charge is -2.11. The summed E-state index contributed by atoms with van der Waals surface area (Å²) >= 11 is 3.40. The number of hydrogen-bond acceptors (Lipinski definition) is 4. The van der Waals surface area contributed by atoms with Crippen LogP contribution in [0.25, 0.3) is 0 Å². The maximum absolute atomic E-state index is 5.76. The summed E-state index contributed by atoms with van der Waals surface area (Å²) in [7, 11) is 1.66. The highest BCUT2D eigenvalue weighted by Gasteiger charge is 2.27. The van der Waals surface area contributed by atoms with Crippen LogP contribution in [0.1, 0.15) is 11.3 Å². The molecule has 0 saturated heterocycles. The molecule has 1 aliphatic rings. The van der Waals surface area contributed by atoms with Gasteiger partial charge in [0, 0.05) is 0 Å². The van der Waals surface area contributed by atoms with E-state index in [0.717, 1.165) is 28.2 Å². The second-order valence-corrected chi connectivity index (χ2v) is 5.74. The van der Waals surface area contributed by atoms with Gasteiger partial charge in [-0.2, -0.15) is 4.98 Å². The van der Waals surface area contributed by atoms with Gasteiger partial charge in [-0.1, -0.05) is 12.1 Å². The second-order valence-electron chi connectivity index (χ2n) is 4.98. The Hall–Kier alpha value is -1.53. The van der Waals surface area contributed by atoms with Crippen LogP contribution in [0.4, 0.5) is 0 Å². The molecule has 5 nitrogen and oxygen atoms in total. The SMILES string of the molecule is COc1ccc(COCC2Cn3c(nc(Br)c3C)O2)cc1. The summed E-state index contributed by atoms with van der Waals surface area (Å²) in [5, 5.41) is 0. The molecule has 0 saturated carbocycles. The first-order valence-electron chi connectivity index (χ1n) is 6.77. The van der Waals surface area contributed by atoms with E-state index in [4.69, 9.17) is 14.2 Å². The van der Waals surface area contributed by atoms with E-state index in [1.165, 1.54) is 0 Å². The molecule has 21 heavy (non-hydrogen) atoms. The molecular formula is C15H17BrN2O3. The van der Waals surface area contributed by atoms with Gasteiger partial charge in [-0.05, 0) is 40.5 Å². The Morgan fingerprint density at radius 3 is 2.81 bits per heavy atom. The van der Waals surface area contributed by atoms with Gasteiger partial charge in [0.05, 0.1) is 32.6 Å². The summed E-state index contributed by atoms with van der Waals surface area (Å²) in [6, 6.07) is 8.53. The monoisotopic (exact) mass is 352 g/mol. The van der Waals surface area contributed by atoms with Crippen LogP contribution in [0.5, 0.6) is 11.8 Å². The number of fused-ring (bicyclic) bond motifs is 1. The van der Waals surface area contributed by atoms with E-state index in [-0.39, 0.29) is 6.10 Å². The van der Waals surface area contributed by atoms with Crippen LogP contribution >= 0.6 is 15.9 Å². The van der Waals surface area contributed by atoms with Crippen molar-refractivity contribution in [2.24, 2.45) is 0 Å². The molecule has 1 atom stereocenters. The van der Waals surface area contributed by atoms with Crippen molar-refractivity contribution >= 4 is 15.9 Å². The number of halogens is 1. The highest BCUT2D eigenvalue weighted by atomic mass is 79.9. The van der Waals surface area contributed by atoms with E-state index < -0.39 is 0 Å². The Bertz CT molecular complexity index is 625. The number of hydrogen-bond donors (Lipinski definition) is 0. The zero-order valence-electron chi connectivity index (χ0n) is 12.0. The van der Waals surface area contributed by atoms with Crippen LogP contribution in [-0.2, 0) is 17.9 Å². The molecule has 2 aromatic rings. The van der Waals surface area contributed by atoms with Crippen molar-refractivity contribution in [2.75, 3.05) is 13.7 Å². The molecule has 0 spiro atoms. The topological polar surface area (TPSA) is 45.5 Å². The fourth-order valence-electron chi connectivity index (χ4n) is 2.29. The maximum atomic E-state index is 5.76. The Balaban J connectivity index is 1.48. The zero-order valence-corrected chi connectivity index (χ0v) is 13.6. The minimum atomic E-state index is 0.0255. The zero-order chi connectivity index (χ0) is 14.8. The summed E-state index contributed by atoms with van der Waals surface area (Å²) in [4.78, 5) is 4.31. The predicted octanol–water partition coefficient (Wildman–Crippen LogP) is 2.94. The molecule has 0 radical (unpaired) electrons. The van der Waals surface area contributed by atoms with E-state index >= 15 is 0 Å². The quantitative estimate of drug-likeness (QED) is 0.829. The van der Waals surface area contributed by atoms with Crippen molar-refractivity contribution in [3.8, 4) is 11.8 Å². The van der Waals surface area contributed by atoms with Crippen molar-refractivity contribution in [3.05, 3.63) is 40.1 Å². The Kier molecular flexibility index (Phi) is 4.17. The molecule has 1 aliphatic heterocycles. The molecule has 0 N–H and O–H groups in total. The molecule has 1 unspecified atom stereocenters. The second kappa shape index (κ2) is 6.07. The number of methoxy groups -OCH3 is 1. The molecule has 2 heterocycles. The predicted molar refractivity (Wildman–Crippen MR) is 81.7 cm³/mol. The van der Waals surface area contributed by atoms with Gasteiger partial charge in [-0.25, -0.2) is 0 Å². The molecule has 0 aliphatic carbocycles. The molecule has 0 amide bonds. The van der Waals surface area contributed by atoms with E-state index in [1.54, 1.807) is 7.11 Å². The van der Waals surface area contributed by atoms with Crippen LogP contribution in [0, 0.1) is 6.92 Å². The van der Waals surface area contributed by atoms with Gasteiger partial charge >= 0.3 is 0 Å². The standard InChI is InChI=1S/C15H17BrN2O3/c1-10-14(16)17-15-18(10)7-13(21-15)9-20-8-11-3-5-12(19-2)6-4-11/h3-6,13H,7-9H2,1-2H3. The fourth-order valence-corrected chi connectivity index (χ4v) is 2.66. The van der Waals surface area contributed by atoms with Gasteiger partial charge in [0.15, 0.2) is 0 Å². The molecule has 3 rings (SSSR count). The van der Waals surface area contributed by atoms with Crippen molar-refractivity contribution in [1.82, 2.24) is 9.55 Å². The van der Waals surface area contributed by atoms with Gasteiger partial charge in [0.2, 0.25) is 0 Å². The number of benzene rings is 1. The third kappa shape index (κ3) is 3.06. The average Bonchev–Trinajstić information content (AvgIpc) is 3.00. The van der Waals surface area contributed by atoms with Crippen molar-refractivity contribution < 1.29 is 14.2 Å². The minimum absolute atomic E-state index is 0.0255. The first kappa shape index (κ1) is 14.4. The van der Waals surface area contributed by atoms with E-state index in [1.807, 2.05) is 31.2 Å². The van der Waals surface area contributed by atoms with E-state index in [0.29, 0.717) is 19.2 Å². The van der Waals surface area contributed by atoms with Crippen molar-refractivity contribution in [1.29, 1.82) is 0 Å². The van der Waals surface area contributed by atoms with Crippen LogP contribution in [0.15, 0.2) is 28.9 Å². The van der Waals surface area contributed by atoms with E-state index in [2.05, 4.69) is 25.5 Å². The highest BCUT2D eigenvalue weighted by molar-refractivity contribution is 9.10. The number of rotatable bonds is 5. The maximum Gasteiger partial charge on any atom is 0.298 e. The van der Waals surface area contributed by atoms with Crippen LogP contribution in [-0.4, -0.2) is 29.4 Å². The molecule has 1 aromatic heterocycles. The van der Waals surface area contributed by atoms with Gasteiger partial charge in [0.1, 0.15) is 16.5 Å². The van der Waals surface area contributed by atoms with Crippen molar-refractivity contribution in [3.63, 3.8) is 0 Å². The minimum Gasteiger partial charge on any atom is -0.497 e. The third-order valence-corrected chi connectivity index (χ3v) is 4.27. The number of ether oxygens (including phenoxy) is 3. The molecule has 0 fully saturated rings. The summed E-state index contributed by atoms with van der Waals surface area (Å²) in [5.41, 5.74) is 2.20. The lowest BCUT2D eigenvalue weighted by molar-refractivity contribution is 0.0484. The number of aromatic nitrogens is 2. The Morgan fingerprint density at radius 1 is 1.38 bits per heavy atom. The van der Waals surface area contributed by atoms with Gasteiger partial charge in [-0.3, -0.25) is 4.57 Å². The first-order chi connectivity index (χ1) is 10.2. The first-order valence-corrected chi connectivity index (χ1v) is 7.56. The molecular weight excluding hydrogens is 336 g/mol. The largest absolute Gasteiger partial charge is 0.497 e. The lowest BCUT2D eigenvalue weighted by Crippen LogP contribution is -2.22. The summed E-state index contributed by atoms with van der Waals surface area (Å²) in [6.07, 6.45) is 0.0255. The molecule has 1 aromatic carbocycles.